The quantitative estimate of drug-likeness (QED) is 0.763. The Morgan fingerprint density at radius 3 is 2.24 bits per heavy atom. The average molecular weight is 291 g/mol. The summed E-state index contributed by atoms with van der Waals surface area (Å²) in [5, 5.41) is 5.14. The summed E-state index contributed by atoms with van der Waals surface area (Å²) < 4.78 is 0. The van der Waals surface area contributed by atoms with E-state index in [9.17, 15) is 19.2 Å². The molecule has 0 atom stereocenters. The first-order chi connectivity index (χ1) is 10.0. The fourth-order valence-corrected chi connectivity index (χ4v) is 1.76. The zero-order valence-electron chi connectivity index (χ0n) is 11.2. The van der Waals surface area contributed by atoms with Crippen LogP contribution >= 0.6 is 0 Å². The summed E-state index contributed by atoms with van der Waals surface area (Å²) in [5.41, 5.74) is 0.387. The Balaban J connectivity index is 1.93. The number of hydrogen-bond acceptors (Lipinski definition) is 5. The van der Waals surface area contributed by atoms with Gasteiger partial charge in [-0.3, -0.25) is 9.59 Å². The Labute approximate surface area is 120 Å². The maximum Gasteiger partial charge on any atom is 0.335 e. The van der Waals surface area contributed by atoms with E-state index >= 15 is 0 Å². The van der Waals surface area contributed by atoms with Gasteiger partial charge in [0.15, 0.2) is 0 Å². The van der Waals surface area contributed by atoms with Crippen molar-refractivity contribution in [3.05, 3.63) is 35.4 Å². The molecule has 1 aliphatic heterocycles. The molecule has 110 valence electrons. The molecule has 21 heavy (non-hydrogen) atoms. The number of fused-ring (bicyclic) bond motifs is 1. The average Bonchev–Trinajstić information content (AvgIpc) is 2.72. The third-order valence-electron chi connectivity index (χ3n) is 2.79. The van der Waals surface area contributed by atoms with Gasteiger partial charge in [0.1, 0.15) is 0 Å². The lowest BCUT2D eigenvalue weighted by molar-refractivity contribution is -0.168. The molecule has 0 unspecified atom stereocenters. The van der Waals surface area contributed by atoms with E-state index in [1.165, 1.54) is 19.2 Å². The van der Waals surface area contributed by atoms with Gasteiger partial charge in [-0.05, 0) is 12.1 Å². The largest absolute Gasteiger partial charge is 0.341 e. The van der Waals surface area contributed by atoms with Crippen LogP contribution in [-0.2, 0) is 9.63 Å². The van der Waals surface area contributed by atoms with Crippen LogP contribution in [-0.4, -0.2) is 42.5 Å². The molecule has 0 spiro atoms. The van der Waals surface area contributed by atoms with E-state index in [2.05, 4.69) is 10.6 Å². The second-order valence-electron chi connectivity index (χ2n) is 4.17. The molecule has 0 aromatic heterocycles. The molecular formula is C13H13N3O5. The number of benzene rings is 1. The molecule has 1 aliphatic rings. The lowest BCUT2D eigenvalue weighted by atomic mass is 10.1. The van der Waals surface area contributed by atoms with Crippen molar-refractivity contribution < 1.29 is 24.0 Å². The minimum Gasteiger partial charge on any atom is -0.341 e. The van der Waals surface area contributed by atoms with Crippen LogP contribution in [0.15, 0.2) is 24.3 Å². The Hall–Kier alpha value is -2.90. The summed E-state index contributed by atoms with van der Waals surface area (Å²) in [5.74, 6) is -2.15. The maximum atomic E-state index is 11.9. The van der Waals surface area contributed by atoms with Crippen molar-refractivity contribution in [1.29, 1.82) is 0 Å². The van der Waals surface area contributed by atoms with E-state index in [1.807, 2.05) is 0 Å². The third kappa shape index (κ3) is 2.99. The van der Waals surface area contributed by atoms with Crippen LogP contribution in [0.2, 0.25) is 0 Å². The first-order valence-corrected chi connectivity index (χ1v) is 6.18. The molecule has 2 N–H and O–H groups in total. The molecule has 8 heteroatoms. The minimum absolute atomic E-state index is 0.0294. The smallest absolute Gasteiger partial charge is 0.335 e. The standard InChI is InChI=1S/C13H13N3O5/c1-14-13(20)15-7-6-10(17)21-16-11(18)8-4-2-3-5-9(8)12(16)19/h2-5H,6-7H2,1H3,(H2,14,15,20). The molecule has 1 aromatic rings. The predicted octanol–water partition coefficient (Wildman–Crippen LogP) is 0.0599. The number of nitrogens with zero attached hydrogens (tertiary/aromatic N) is 1. The number of urea groups is 1. The topological polar surface area (TPSA) is 105 Å². The number of nitrogens with one attached hydrogen (secondary N) is 2. The molecule has 0 saturated heterocycles. The van der Waals surface area contributed by atoms with Gasteiger partial charge >= 0.3 is 12.0 Å². The number of hydroxylamine groups is 2. The van der Waals surface area contributed by atoms with Gasteiger partial charge in [-0.1, -0.05) is 17.2 Å². The highest BCUT2D eigenvalue weighted by atomic mass is 16.7. The summed E-state index contributed by atoms with van der Waals surface area (Å²) in [6.07, 6.45) is -0.166. The number of hydrogen-bond donors (Lipinski definition) is 2. The Morgan fingerprint density at radius 1 is 1.14 bits per heavy atom. The van der Waals surface area contributed by atoms with Gasteiger partial charge in [-0.15, -0.1) is 0 Å². The third-order valence-corrected chi connectivity index (χ3v) is 2.79. The molecule has 4 amide bonds. The van der Waals surface area contributed by atoms with Gasteiger partial charge in [0.25, 0.3) is 11.8 Å². The van der Waals surface area contributed by atoms with Crippen molar-refractivity contribution in [2.75, 3.05) is 13.6 Å². The molecular weight excluding hydrogens is 278 g/mol. The van der Waals surface area contributed by atoms with Gasteiger partial charge in [-0.25, -0.2) is 9.59 Å². The van der Waals surface area contributed by atoms with Crippen LogP contribution in [0.3, 0.4) is 0 Å². The number of rotatable bonds is 4. The van der Waals surface area contributed by atoms with Gasteiger partial charge < -0.3 is 15.5 Å². The number of amides is 4. The zero-order valence-corrected chi connectivity index (χ0v) is 11.2. The van der Waals surface area contributed by atoms with E-state index in [4.69, 9.17) is 4.84 Å². The van der Waals surface area contributed by atoms with Crippen LogP contribution in [0.4, 0.5) is 4.79 Å². The first kappa shape index (κ1) is 14.5. The fraction of sp³-hybridized carbons (Fsp3) is 0.231. The molecule has 0 bridgehead atoms. The highest BCUT2D eigenvalue weighted by Crippen LogP contribution is 2.22. The summed E-state index contributed by atoms with van der Waals surface area (Å²) >= 11 is 0. The second-order valence-corrected chi connectivity index (χ2v) is 4.17. The lowest BCUT2D eigenvalue weighted by Crippen LogP contribution is -2.36. The van der Waals surface area contributed by atoms with E-state index < -0.39 is 23.8 Å². The molecule has 1 aromatic carbocycles. The highest BCUT2D eigenvalue weighted by molar-refractivity contribution is 6.20. The van der Waals surface area contributed by atoms with E-state index in [1.54, 1.807) is 12.1 Å². The number of carbonyl (C=O) groups excluding carboxylic acids is 4. The summed E-state index contributed by atoms with van der Waals surface area (Å²) in [7, 11) is 1.44. The Bertz CT molecular complexity index is 579. The molecule has 0 fully saturated rings. The summed E-state index contributed by atoms with van der Waals surface area (Å²) in [6, 6.07) is 5.75. The van der Waals surface area contributed by atoms with Crippen LogP contribution in [0.1, 0.15) is 27.1 Å². The highest BCUT2D eigenvalue weighted by Gasteiger charge is 2.38. The molecule has 8 nitrogen and oxygen atoms in total. The van der Waals surface area contributed by atoms with Crippen molar-refractivity contribution in [3.63, 3.8) is 0 Å². The van der Waals surface area contributed by atoms with Crippen LogP contribution in [0.5, 0.6) is 0 Å². The van der Waals surface area contributed by atoms with Gasteiger partial charge in [0, 0.05) is 13.6 Å². The molecule has 0 radical (unpaired) electrons. The van der Waals surface area contributed by atoms with Crippen LogP contribution < -0.4 is 10.6 Å². The number of carbonyl (C=O) groups is 4. The SMILES string of the molecule is CNC(=O)NCCC(=O)ON1C(=O)c2ccccc2C1=O. The summed E-state index contributed by atoms with van der Waals surface area (Å²) in [4.78, 5) is 51.1. The van der Waals surface area contributed by atoms with Gasteiger partial charge in [-0.2, -0.15) is 0 Å². The fourth-order valence-electron chi connectivity index (χ4n) is 1.76. The van der Waals surface area contributed by atoms with Gasteiger partial charge in [0.05, 0.1) is 17.5 Å². The maximum absolute atomic E-state index is 11.9. The predicted molar refractivity (Wildman–Crippen MR) is 70.1 cm³/mol. The van der Waals surface area contributed by atoms with Crippen molar-refractivity contribution in [1.82, 2.24) is 15.7 Å². The van der Waals surface area contributed by atoms with Crippen LogP contribution in [0, 0.1) is 0 Å². The Kier molecular flexibility index (Phi) is 4.17. The minimum atomic E-state index is -0.791. The second kappa shape index (κ2) is 6.04. The Morgan fingerprint density at radius 2 is 1.71 bits per heavy atom. The normalized spacial score (nSPS) is 12.9. The zero-order chi connectivity index (χ0) is 15.4. The van der Waals surface area contributed by atoms with Crippen LogP contribution in [0.25, 0.3) is 0 Å². The molecule has 0 aliphatic carbocycles. The monoisotopic (exact) mass is 291 g/mol. The molecule has 0 saturated carbocycles. The van der Waals surface area contributed by atoms with E-state index in [0.29, 0.717) is 5.06 Å². The number of imide groups is 1. The summed E-state index contributed by atoms with van der Waals surface area (Å²) in [6.45, 7) is 0.0294. The van der Waals surface area contributed by atoms with Gasteiger partial charge in [0.2, 0.25) is 0 Å². The van der Waals surface area contributed by atoms with E-state index in [0.717, 1.165) is 0 Å². The van der Waals surface area contributed by atoms with Crippen molar-refractivity contribution in [2.24, 2.45) is 0 Å². The van der Waals surface area contributed by atoms with E-state index in [-0.39, 0.29) is 24.1 Å². The van der Waals surface area contributed by atoms with Crippen molar-refractivity contribution in [2.45, 2.75) is 6.42 Å². The van der Waals surface area contributed by atoms with Crippen molar-refractivity contribution in [3.8, 4) is 0 Å². The molecule has 1 heterocycles. The first-order valence-electron chi connectivity index (χ1n) is 6.18. The molecule has 2 rings (SSSR count). The van der Waals surface area contributed by atoms with Crippen molar-refractivity contribution >= 4 is 23.8 Å². The lowest BCUT2D eigenvalue weighted by Gasteiger charge is -2.12.